The Morgan fingerprint density at radius 3 is 2.59 bits per heavy atom. The van der Waals surface area contributed by atoms with Crippen LogP contribution in [-0.2, 0) is 13.1 Å². The molecule has 0 unspecified atom stereocenters. The molecule has 4 nitrogen and oxygen atoms in total. The summed E-state index contributed by atoms with van der Waals surface area (Å²) < 4.78 is 13.2. The van der Waals surface area contributed by atoms with Crippen molar-refractivity contribution < 1.29 is 4.39 Å². The molecule has 2 N–H and O–H groups in total. The Kier molecular flexibility index (Phi) is 7.79. The number of hydrogen-bond acceptors (Lipinski definition) is 2. The zero-order chi connectivity index (χ0) is 15.1. The predicted molar refractivity (Wildman–Crippen MR) is 97.8 cm³/mol. The van der Waals surface area contributed by atoms with Gasteiger partial charge >= 0.3 is 0 Å². The smallest absolute Gasteiger partial charge is 0.191 e. The molecule has 0 radical (unpaired) electrons. The van der Waals surface area contributed by atoms with E-state index in [0.717, 1.165) is 11.3 Å². The minimum Gasteiger partial charge on any atom is -0.352 e. The standard InChI is InChI=1S/C16H19FN4.HI/c1-12-9-13(6-7-15(12)17)10-20-16(18-2)21-11-14-5-3-4-8-19-14;/h3-9H,10-11H2,1-2H3,(H2,18,20,21);1H. The minimum atomic E-state index is -0.184. The van der Waals surface area contributed by atoms with Crippen LogP contribution in [0.5, 0.6) is 0 Å². The maximum Gasteiger partial charge on any atom is 0.191 e. The molecular weight excluding hydrogens is 394 g/mol. The van der Waals surface area contributed by atoms with Crippen molar-refractivity contribution in [1.29, 1.82) is 0 Å². The molecule has 6 heteroatoms. The summed E-state index contributed by atoms with van der Waals surface area (Å²) in [6.07, 6.45) is 1.76. The van der Waals surface area contributed by atoms with Crippen molar-refractivity contribution in [3.63, 3.8) is 0 Å². The van der Waals surface area contributed by atoms with Crippen LogP contribution in [0.2, 0.25) is 0 Å². The van der Waals surface area contributed by atoms with E-state index >= 15 is 0 Å². The van der Waals surface area contributed by atoms with Crippen molar-refractivity contribution in [3.05, 3.63) is 65.2 Å². The normalized spacial score (nSPS) is 10.8. The molecular formula is C16H20FIN4. The summed E-state index contributed by atoms with van der Waals surface area (Å²) >= 11 is 0. The molecule has 0 amide bonds. The molecule has 0 aliphatic rings. The topological polar surface area (TPSA) is 49.3 Å². The van der Waals surface area contributed by atoms with Gasteiger partial charge in [-0.2, -0.15) is 0 Å². The van der Waals surface area contributed by atoms with E-state index in [-0.39, 0.29) is 29.8 Å². The van der Waals surface area contributed by atoms with Gasteiger partial charge in [0, 0.05) is 19.8 Å². The Morgan fingerprint density at radius 1 is 1.18 bits per heavy atom. The van der Waals surface area contributed by atoms with E-state index in [1.165, 1.54) is 6.07 Å². The first kappa shape index (κ1) is 18.3. The van der Waals surface area contributed by atoms with Crippen LogP contribution >= 0.6 is 24.0 Å². The molecule has 0 atom stereocenters. The van der Waals surface area contributed by atoms with Gasteiger partial charge < -0.3 is 10.6 Å². The van der Waals surface area contributed by atoms with Gasteiger partial charge in [-0.05, 0) is 36.2 Å². The van der Waals surface area contributed by atoms with Gasteiger partial charge in [0.25, 0.3) is 0 Å². The number of rotatable bonds is 4. The van der Waals surface area contributed by atoms with Crippen LogP contribution in [-0.4, -0.2) is 18.0 Å². The molecule has 22 heavy (non-hydrogen) atoms. The number of guanidine groups is 1. The fourth-order valence-electron chi connectivity index (χ4n) is 1.90. The highest BCUT2D eigenvalue weighted by Crippen LogP contribution is 2.08. The highest BCUT2D eigenvalue weighted by molar-refractivity contribution is 14.0. The lowest BCUT2D eigenvalue weighted by atomic mass is 10.1. The van der Waals surface area contributed by atoms with Crippen LogP contribution in [0.25, 0.3) is 0 Å². The van der Waals surface area contributed by atoms with Crippen molar-refractivity contribution in [2.24, 2.45) is 4.99 Å². The second kappa shape index (κ2) is 9.34. The molecule has 118 valence electrons. The maximum absolute atomic E-state index is 13.2. The van der Waals surface area contributed by atoms with Gasteiger partial charge in [0.2, 0.25) is 0 Å². The first-order valence-corrected chi connectivity index (χ1v) is 6.78. The van der Waals surface area contributed by atoms with E-state index in [1.54, 1.807) is 26.2 Å². The van der Waals surface area contributed by atoms with Gasteiger partial charge in [-0.3, -0.25) is 9.98 Å². The molecule has 2 aromatic rings. The number of hydrogen-bond donors (Lipinski definition) is 2. The highest BCUT2D eigenvalue weighted by Gasteiger charge is 2.02. The predicted octanol–water partition coefficient (Wildman–Crippen LogP) is 3.01. The zero-order valence-electron chi connectivity index (χ0n) is 12.6. The number of aryl methyl sites for hydroxylation is 1. The Balaban J connectivity index is 0.00000242. The van der Waals surface area contributed by atoms with E-state index in [0.29, 0.717) is 24.6 Å². The van der Waals surface area contributed by atoms with Gasteiger partial charge in [0.15, 0.2) is 5.96 Å². The van der Waals surface area contributed by atoms with Gasteiger partial charge in [-0.15, -0.1) is 24.0 Å². The Morgan fingerprint density at radius 2 is 1.95 bits per heavy atom. The van der Waals surface area contributed by atoms with Crippen LogP contribution < -0.4 is 10.6 Å². The summed E-state index contributed by atoms with van der Waals surface area (Å²) in [6.45, 7) is 2.94. The quantitative estimate of drug-likeness (QED) is 0.460. The second-order valence-electron chi connectivity index (χ2n) is 4.68. The van der Waals surface area contributed by atoms with Gasteiger partial charge in [0.1, 0.15) is 5.82 Å². The molecule has 1 aromatic carbocycles. The average molecular weight is 414 g/mol. The van der Waals surface area contributed by atoms with Gasteiger partial charge in [0.05, 0.1) is 12.2 Å². The third-order valence-electron chi connectivity index (χ3n) is 3.07. The number of halogens is 2. The van der Waals surface area contributed by atoms with Crippen LogP contribution in [0.3, 0.4) is 0 Å². The zero-order valence-corrected chi connectivity index (χ0v) is 15.0. The first-order valence-electron chi connectivity index (χ1n) is 6.78. The van der Waals surface area contributed by atoms with E-state index in [4.69, 9.17) is 0 Å². The summed E-state index contributed by atoms with van der Waals surface area (Å²) in [5, 5.41) is 6.38. The van der Waals surface area contributed by atoms with Crippen LogP contribution in [0.4, 0.5) is 4.39 Å². The Hall–Kier alpha value is -1.70. The molecule has 1 aromatic heterocycles. The Bertz CT molecular complexity index is 617. The Labute approximate surface area is 147 Å². The summed E-state index contributed by atoms with van der Waals surface area (Å²) in [4.78, 5) is 8.39. The van der Waals surface area contributed by atoms with Gasteiger partial charge in [-0.25, -0.2) is 4.39 Å². The number of pyridine rings is 1. The third-order valence-corrected chi connectivity index (χ3v) is 3.07. The number of nitrogens with one attached hydrogen (secondary N) is 2. The molecule has 2 rings (SSSR count). The SMILES string of the molecule is CN=C(NCc1ccc(F)c(C)c1)NCc1ccccn1.I. The van der Waals surface area contributed by atoms with Crippen LogP contribution in [0.15, 0.2) is 47.6 Å². The highest BCUT2D eigenvalue weighted by atomic mass is 127. The van der Waals surface area contributed by atoms with Crippen LogP contribution in [0, 0.1) is 12.7 Å². The number of aromatic nitrogens is 1. The fraction of sp³-hybridized carbons (Fsp3) is 0.250. The summed E-state index contributed by atoms with van der Waals surface area (Å²) in [6, 6.07) is 10.9. The molecule has 0 fully saturated rings. The summed E-state index contributed by atoms with van der Waals surface area (Å²) in [5.74, 6) is 0.499. The fourth-order valence-corrected chi connectivity index (χ4v) is 1.90. The van der Waals surface area contributed by atoms with E-state index in [1.807, 2.05) is 24.3 Å². The molecule has 0 saturated heterocycles. The van der Waals surface area contributed by atoms with Crippen molar-refractivity contribution in [1.82, 2.24) is 15.6 Å². The number of aliphatic imine (C=N–C) groups is 1. The first-order chi connectivity index (χ1) is 10.2. The molecule has 0 saturated carbocycles. The number of nitrogens with zero attached hydrogens (tertiary/aromatic N) is 2. The second-order valence-corrected chi connectivity index (χ2v) is 4.68. The van der Waals surface area contributed by atoms with Crippen molar-refractivity contribution in [3.8, 4) is 0 Å². The molecule has 1 heterocycles. The van der Waals surface area contributed by atoms with E-state index in [2.05, 4.69) is 20.6 Å². The third kappa shape index (κ3) is 5.59. The largest absolute Gasteiger partial charge is 0.352 e. The van der Waals surface area contributed by atoms with E-state index in [9.17, 15) is 4.39 Å². The molecule has 0 spiro atoms. The lowest BCUT2D eigenvalue weighted by Crippen LogP contribution is -2.36. The molecule has 0 aliphatic heterocycles. The molecule has 0 aliphatic carbocycles. The monoisotopic (exact) mass is 414 g/mol. The van der Waals surface area contributed by atoms with E-state index < -0.39 is 0 Å². The number of benzene rings is 1. The van der Waals surface area contributed by atoms with Crippen molar-refractivity contribution in [2.75, 3.05) is 7.05 Å². The summed E-state index contributed by atoms with van der Waals surface area (Å²) in [5.41, 5.74) is 2.60. The van der Waals surface area contributed by atoms with Crippen molar-refractivity contribution >= 4 is 29.9 Å². The average Bonchev–Trinajstić information content (AvgIpc) is 2.52. The van der Waals surface area contributed by atoms with Gasteiger partial charge in [-0.1, -0.05) is 18.2 Å². The van der Waals surface area contributed by atoms with Crippen molar-refractivity contribution in [2.45, 2.75) is 20.0 Å². The lowest BCUT2D eigenvalue weighted by Gasteiger charge is -2.12. The summed E-state index contributed by atoms with van der Waals surface area (Å²) in [7, 11) is 1.71. The lowest BCUT2D eigenvalue weighted by molar-refractivity contribution is 0.617. The molecule has 0 bridgehead atoms. The maximum atomic E-state index is 13.2. The van der Waals surface area contributed by atoms with Crippen LogP contribution in [0.1, 0.15) is 16.8 Å². The minimum absolute atomic E-state index is 0.